The molecule has 2 N–H and O–H groups in total. The molecule has 0 aliphatic carbocycles. The molecule has 1 fully saturated rings. The van der Waals surface area contributed by atoms with E-state index in [2.05, 4.69) is 0 Å². The molecule has 3 aromatic carbocycles. The van der Waals surface area contributed by atoms with Crippen LogP contribution in [0.5, 0.6) is 11.5 Å². The molecule has 1 heterocycles. The van der Waals surface area contributed by atoms with Crippen LogP contribution in [0.3, 0.4) is 0 Å². The number of methoxy groups -OCH3 is 1. The molecule has 32 heavy (non-hydrogen) atoms. The van der Waals surface area contributed by atoms with E-state index < -0.39 is 17.7 Å². The van der Waals surface area contributed by atoms with Gasteiger partial charge in [-0.25, -0.2) is 0 Å². The van der Waals surface area contributed by atoms with E-state index in [1.54, 1.807) is 36.4 Å². The molecule has 0 aromatic heterocycles. The predicted octanol–water partition coefficient (Wildman–Crippen LogP) is 4.64. The molecule has 1 saturated heterocycles. The highest BCUT2D eigenvalue weighted by Gasteiger charge is 2.47. The largest absolute Gasteiger partial charge is 0.508 e. The summed E-state index contributed by atoms with van der Waals surface area (Å²) in [5, 5.41) is 21.0. The quantitative estimate of drug-likeness (QED) is 0.358. The van der Waals surface area contributed by atoms with Crippen LogP contribution < -0.4 is 9.64 Å². The summed E-state index contributed by atoms with van der Waals surface area (Å²) in [5.74, 6) is -1.39. The first kappa shape index (κ1) is 21.2. The van der Waals surface area contributed by atoms with Crippen molar-refractivity contribution in [1.82, 2.24) is 0 Å². The average Bonchev–Trinajstić information content (AvgIpc) is 3.06. The molecule has 6 heteroatoms. The van der Waals surface area contributed by atoms with Crippen LogP contribution >= 0.6 is 0 Å². The average molecular weight is 429 g/mol. The highest BCUT2D eigenvalue weighted by Crippen LogP contribution is 2.44. The zero-order valence-electron chi connectivity index (χ0n) is 18.0. The van der Waals surface area contributed by atoms with Gasteiger partial charge >= 0.3 is 0 Å². The Bertz CT molecular complexity index is 1240. The second-order valence-corrected chi connectivity index (χ2v) is 7.75. The van der Waals surface area contributed by atoms with Crippen LogP contribution in [0, 0.1) is 13.8 Å². The normalized spacial score (nSPS) is 17.6. The van der Waals surface area contributed by atoms with Crippen molar-refractivity contribution >= 4 is 23.1 Å². The number of aromatic hydroxyl groups is 1. The fraction of sp³-hybridized carbons (Fsp3) is 0.154. The number of hydrogen-bond acceptors (Lipinski definition) is 5. The highest BCUT2D eigenvalue weighted by molar-refractivity contribution is 6.51. The number of rotatable bonds is 4. The van der Waals surface area contributed by atoms with Crippen LogP contribution in [0.2, 0.25) is 0 Å². The number of aliphatic hydroxyl groups excluding tert-OH is 1. The molecule has 4 rings (SSSR count). The number of para-hydroxylation sites is 1. The third-order valence-corrected chi connectivity index (χ3v) is 5.64. The third kappa shape index (κ3) is 3.50. The van der Waals surface area contributed by atoms with Crippen LogP contribution in [-0.2, 0) is 9.59 Å². The number of phenolic OH excluding ortho intramolecular Hbond substituents is 1. The van der Waals surface area contributed by atoms with Crippen molar-refractivity contribution in [2.24, 2.45) is 0 Å². The van der Waals surface area contributed by atoms with Gasteiger partial charge in [0.15, 0.2) is 0 Å². The van der Waals surface area contributed by atoms with E-state index in [-0.39, 0.29) is 17.1 Å². The van der Waals surface area contributed by atoms with Gasteiger partial charge in [-0.3, -0.25) is 14.5 Å². The standard InChI is InChI=1S/C26H23NO5/c1-15-8-9-16(2)20(14-15)27-23(17-10-12-18(28)13-11-17)22(25(30)26(27)31)24(29)19-6-4-5-7-21(19)32-3/h4-14,23,28-29H,1-3H3/b24-22+. The maximum Gasteiger partial charge on any atom is 0.300 e. The molecule has 1 amide bonds. The van der Waals surface area contributed by atoms with Gasteiger partial charge in [-0.1, -0.05) is 36.4 Å². The fourth-order valence-electron chi connectivity index (χ4n) is 4.02. The van der Waals surface area contributed by atoms with Crippen molar-refractivity contribution in [1.29, 1.82) is 0 Å². The fourth-order valence-corrected chi connectivity index (χ4v) is 4.02. The summed E-state index contributed by atoms with van der Waals surface area (Å²) in [7, 11) is 1.47. The van der Waals surface area contributed by atoms with Crippen LogP contribution in [0.25, 0.3) is 5.76 Å². The summed E-state index contributed by atoms with van der Waals surface area (Å²) >= 11 is 0. The Morgan fingerprint density at radius 1 is 0.969 bits per heavy atom. The van der Waals surface area contributed by atoms with Gasteiger partial charge in [0.1, 0.15) is 17.3 Å². The molecule has 1 aliphatic rings. The number of amides is 1. The summed E-state index contributed by atoms with van der Waals surface area (Å²) in [6.45, 7) is 3.77. The van der Waals surface area contributed by atoms with Gasteiger partial charge < -0.3 is 14.9 Å². The SMILES string of the molecule is COc1ccccc1/C(O)=C1\C(=O)C(=O)N(c2cc(C)ccc2C)C1c1ccc(O)cc1. The molecule has 0 bridgehead atoms. The van der Waals surface area contributed by atoms with Crippen molar-refractivity contribution in [3.63, 3.8) is 0 Å². The van der Waals surface area contributed by atoms with Gasteiger partial charge in [0.25, 0.3) is 11.7 Å². The molecule has 0 spiro atoms. The molecule has 162 valence electrons. The zero-order valence-corrected chi connectivity index (χ0v) is 18.0. The molecule has 3 aromatic rings. The number of hydrogen-bond donors (Lipinski definition) is 2. The lowest BCUT2D eigenvalue weighted by atomic mass is 9.94. The van der Waals surface area contributed by atoms with Crippen LogP contribution in [0.4, 0.5) is 5.69 Å². The van der Waals surface area contributed by atoms with Gasteiger partial charge in [0.2, 0.25) is 0 Å². The maximum absolute atomic E-state index is 13.3. The maximum atomic E-state index is 13.3. The molecule has 0 radical (unpaired) electrons. The van der Waals surface area contributed by atoms with Crippen molar-refractivity contribution in [3.8, 4) is 11.5 Å². The number of phenols is 1. The number of Topliss-reactive ketones (excluding diaryl/α,β-unsaturated/α-hetero) is 1. The van der Waals surface area contributed by atoms with E-state index in [0.29, 0.717) is 22.6 Å². The van der Waals surface area contributed by atoms with E-state index in [4.69, 9.17) is 4.74 Å². The summed E-state index contributed by atoms with van der Waals surface area (Å²) < 4.78 is 5.35. The van der Waals surface area contributed by atoms with Crippen molar-refractivity contribution < 1.29 is 24.5 Å². The summed E-state index contributed by atoms with van der Waals surface area (Å²) in [5.41, 5.74) is 3.20. The van der Waals surface area contributed by atoms with E-state index in [1.807, 2.05) is 32.0 Å². The van der Waals surface area contributed by atoms with Gasteiger partial charge in [-0.2, -0.15) is 0 Å². The number of carbonyl (C=O) groups excluding carboxylic acids is 2. The number of aliphatic hydroxyl groups is 1. The number of nitrogens with zero attached hydrogens (tertiary/aromatic N) is 1. The highest BCUT2D eigenvalue weighted by atomic mass is 16.5. The molecule has 1 atom stereocenters. The van der Waals surface area contributed by atoms with Gasteiger partial charge in [0, 0.05) is 5.69 Å². The molecular formula is C26H23NO5. The Kier molecular flexibility index (Phi) is 5.45. The Hall–Kier alpha value is -4.06. The van der Waals surface area contributed by atoms with Crippen LogP contribution in [-0.4, -0.2) is 29.0 Å². The zero-order chi connectivity index (χ0) is 23.0. The Balaban J connectivity index is 2.00. The van der Waals surface area contributed by atoms with Gasteiger partial charge in [-0.15, -0.1) is 0 Å². The van der Waals surface area contributed by atoms with Gasteiger partial charge in [0.05, 0.1) is 24.3 Å². The Labute approximate surface area is 186 Å². The number of carbonyl (C=O) groups is 2. The van der Waals surface area contributed by atoms with Crippen molar-refractivity contribution in [2.45, 2.75) is 19.9 Å². The molecular weight excluding hydrogens is 406 g/mol. The van der Waals surface area contributed by atoms with E-state index >= 15 is 0 Å². The lowest BCUT2D eigenvalue weighted by Gasteiger charge is -2.27. The second-order valence-electron chi connectivity index (χ2n) is 7.75. The molecule has 0 saturated carbocycles. The van der Waals surface area contributed by atoms with Crippen molar-refractivity contribution in [3.05, 3.63) is 94.6 Å². The van der Waals surface area contributed by atoms with E-state index in [1.165, 1.54) is 24.1 Å². The lowest BCUT2D eigenvalue weighted by Crippen LogP contribution is -2.30. The third-order valence-electron chi connectivity index (χ3n) is 5.64. The molecule has 6 nitrogen and oxygen atoms in total. The van der Waals surface area contributed by atoms with Crippen LogP contribution in [0.15, 0.2) is 72.3 Å². The predicted molar refractivity (Wildman–Crippen MR) is 122 cm³/mol. The van der Waals surface area contributed by atoms with Crippen molar-refractivity contribution in [2.75, 3.05) is 12.0 Å². The topological polar surface area (TPSA) is 87.1 Å². The Morgan fingerprint density at radius 3 is 2.34 bits per heavy atom. The number of anilines is 1. The minimum absolute atomic E-state index is 0.0360. The second kappa shape index (κ2) is 8.23. The first-order valence-electron chi connectivity index (χ1n) is 10.1. The number of ether oxygens (including phenoxy) is 1. The molecule has 1 aliphatic heterocycles. The summed E-state index contributed by atoms with van der Waals surface area (Å²) in [6, 6.07) is 17.8. The van der Waals surface area contributed by atoms with Crippen LogP contribution in [0.1, 0.15) is 28.3 Å². The number of benzene rings is 3. The van der Waals surface area contributed by atoms with E-state index in [9.17, 15) is 19.8 Å². The number of ketones is 1. The minimum atomic E-state index is -0.874. The molecule has 1 unspecified atom stereocenters. The first-order chi connectivity index (χ1) is 15.3. The smallest absolute Gasteiger partial charge is 0.300 e. The summed E-state index contributed by atoms with van der Waals surface area (Å²) in [6.07, 6.45) is 0. The first-order valence-corrected chi connectivity index (χ1v) is 10.1. The minimum Gasteiger partial charge on any atom is -0.508 e. The lowest BCUT2D eigenvalue weighted by molar-refractivity contribution is -0.132. The van der Waals surface area contributed by atoms with Gasteiger partial charge in [-0.05, 0) is 60.9 Å². The monoisotopic (exact) mass is 429 g/mol. The Morgan fingerprint density at radius 2 is 1.66 bits per heavy atom. The number of aryl methyl sites for hydroxylation is 2. The van der Waals surface area contributed by atoms with E-state index in [0.717, 1.165) is 11.1 Å². The summed E-state index contributed by atoms with van der Waals surface area (Å²) in [4.78, 5) is 27.9.